The smallest absolute Gasteiger partial charge is 0.232 e. The molecule has 0 N–H and O–H groups in total. The third kappa shape index (κ3) is 3.09. The van der Waals surface area contributed by atoms with Crippen LogP contribution in [0.2, 0.25) is 0 Å². The number of aryl methyl sites for hydroxylation is 1. The Morgan fingerprint density at radius 2 is 1.70 bits per heavy atom. The maximum Gasteiger partial charge on any atom is 0.232 e. The molecule has 5 rings (SSSR count). The molecular formula is C25H25NO4. The van der Waals surface area contributed by atoms with Crippen molar-refractivity contribution in [2.24, 2.45) is 5.41 Å². The molecular weight excluding hydrogens is 378 g/mol. The van der Waals surface area contributed by atoms with E-state index < -0.39 is 0 Å². The predicted octanol–water partition coefficient (Wildman–Crippen LogP) is 4.89. The molecule has 0 saturated carbocycles. The Bertz CT molecular complexity index is 1080. The number of anilines is 1. The van der Waals surface area contributed by atoms with Crippen molar-refractivity contribution in [3.8, 4) is 11.5 Å². The van der Waals surface area contributed by atoms with Crippen LogP contribution in [0.5, 0.6) is 11.5 Å². The Morgan fingerprint density at radius 1 is 0.967 bits per heavy atom. The van der Waals surface area contributed by atoms with Gasteiger partial charge in [0.15, 0.2) is 17.3 Å². The molecule has 5 heteroatoms. The summed E-state index contributed by atoms with van der Waals surface area (Å²) < 4.78 is 11.0. The van der Waals surface area contributed by atoms with Crippen LogP contribution in [0, 0.1) is 12.3 Å². The normalized spacial score (nSPS) is 22.4. The average molecular weight is 403 g/mol. The molecule has 0 saturated heterocycles. The molecule has 2 heterocycles. The number of carbonyl (C=O) groups excluding carboxylic acids is 2. The summed E-state index contributed by atoms with van der Waals surface area (Å²) in [7, 11) is 0. The second kappa shape index (κ2) is 6.73. The minimum absolute atomic E-state index is 0.0192. The van der Waals surface area contributed by atoms with E-state index in [0.29, 0.717) is 24.3 Å². The van der Waals surface area contributed by atoms with Gasteiger partial charge in [0.05, 0.1) is 0 Å². The van der Waals surface area contributed by atoms with Gasteiger partial charge >= 0.3 is 0 Å². The van der Waals surface area contributed by atoms with Crippen LogP contribution in [-0.4, -0.2) is 18.5 Å². The zero-order valence-corrected chi connectivity index (χ0v) is 17.5. The number of allylic oxidation sites excluding steroid dienone is 2. The van der Waals surface area contributed by atoms with Crippen LogP contribution in [0.15, 0.2) is 53.7 Å². The van der Waals surface area contributed by atoms with Crippen molar-refractivity contribution in [3.05, 3.63) is 64.9 Å². The highest BCUT2D eigenvalue weighted by molar-refractivity contribution is 6.07. The molecule has 0 fully saturated rings. The molecule has 30 heavy (non-hydrogen) atoms. The first kappa shape index (κ1) is 18.9. The molecule has 1 atom stereocenters. The number of Topliss-reactive ketones (excluding diaryl/α,β-unsaturated/α-hetero) is 1. The van der Waals surface area contributed by atoms with Gasteiger partial charge in [-0.05, 0) is 48.6 Å². The number of rotatable bonds is 2. The first-order chi connectivity index (χ1) is 14.3. The van der Waals surface area contributed by atoms with E-state index in [2.05, 4.69) is 13.8 Å². The average Bonchev–Trinajstić information content (AvgIpc) is 3.15. The van der Waals surface area contributed by atoms with Gasteiger partial charge in [-0.3, -0.25) is 14.5 Å². The zero-order chi connectivity index (χ0) is 21.0. The van der Waals surface area contributed by atoms with E-state index in [1.54, 1.807) is 4.90 Å². The highest BCUT2D eigenvalue weighted by atomic mass is 16.7. The van der Waals surface area contributed by atoms with E-state index in [9.17, 15) is 9.59 Å². The van der Waals surface area contributed by atoms with E-state index in [1.165, 1.54) is 0 Å². The standard InChI is InChI=1S/C25H25NO4/c1-15-4-7-17(8-5-15)26-19-12-25(2,3)13-20(27)24(19)18(11-23(26)28)16-6-9-21-22(10-16)30-14-29-21/h4-10,18H,11-14H2,1-3H3/t18-/m1/s1. The molecule has 1 aliphatic carbocycles. The van der Waals surface area contributed by atoms with Gasteiger partial charge in [0.1, 0.15) is 0 Å². The molecule has 2 aromatic rings. The number of ether oxygens (including phenoxy) is 2. The van der Waals surface area contributed by atoms with Crippen molar-refractivity contribution in [3.63, 3.8) is 0 Å². The fourth-order valence-electron chi connectivity index (χ4n) is 4.82. The SMILES string of the molecule is Cc1ccc(N2C(=O)C[C@H](c3ccc4c(c3)OCO4)C3=C2CC(C)(C)CC3=O)cc1. The van der Waals surface area contributed by atoms with Crippen LogP contribution in [-0.2, 0) is 9.59 Å². The maximum atomic E-state index is 13.4. The Labute approximate surface area is 176 Å². The molecule has 5 nitrogen and oxygen atoms in total. The summed E-state index contributed by atoms with van der Waals surface area (Å²) in [6, 6.07) is 13.7. The summed E-state index contributed by atoms with van der Waals surface area (Å²) in [6.45, 7) is 6.41. The molecule has 0 aromatic heterocycles. The third-order valence-corrected chi connectivity index (χ3v) is 6.23. The fourth-order valence-corrected chi connectivity index (χ4v) is 4.82. The third-order valence-electron chi connectivity index (χ3n) is 6.23. The Hall–Kier alpha value is -3.08. The van der Waals surface area contributed by atoms with Gasteiger partial charge in [0.2, 0.25) is 12.7 Å². The molecule has 0 spiro atoms. The molecule has 154 valence electrons. The topological polar surface area (TPSA) is 55.8 Å². The van der Waals surface area contributed by atoms with E-state index in [1.807, 2.05) is 49.4 Å². The lowest BCUT2D eigenvalue weighted by Crippen LogP contribution is -2.43. The van der Waals surface area contributed by atoms with Gasteiger partial charge in [0.25, 0.3) is 0 Å². The van der Waals surface area contributed by atoms with E-state index >= 15 is 0 Å². The molecule has 0 radical (unpaired) electrons. The van der Waals surface area contributed by atoms with Gasteiger partial charge in [-0.2, -0.15) is 0 Å². The summed E-state index contributed by atoms with van der Waals surface area (Å²) >= 11 is 0. The number of hydrogen-bond donors (Lipinski definition) is 0. The fraction of sp³-hybridized carbons (Fsp3) is 0.360. The lowest BCUT2D eigenvalue weighted by Gasteiger charge is -2.43. The number of hydrogen-bond acceptors (Lipinski definition) is 4. The monoisotopic (exact) mass is 403 g/mol. The van der Waals surface area contributed by atoms with E-state index in [0.717, 1.165) is 28.1 Å². The van der Waals surface area contributed by atoms with E-state index in [4.69, 9.17) is 9.47 Å². The summed E-state index contributed by atoms with van der Waals surface area (Å²) in [4.78, 5) is 28.5. The lowest BCUT2D eigenvalue weighted by molar-refractivity contribution is -0.121. The van der Waals surface area contributed by atoms with Gasteiger partial charge in [-0.25, -0.2) is 0 Å². The second-order valence-corrected chi connectivity index (χ2v) is 9.24. The van der Waals surface area contributed by atoms with Crippen molar-refractivity contribution in [1.82, 2.24) is 0 Å². The first-order valence-electron chi connectivity index (χ1n) is 10.4. The lowest BCUT2D eigenvalue weighted by atomic mass is 9.69. The van der Waals surface area contributed by atoms with Gasteiger partial charge in [-0.15, -0.1) is 0 Å². The summed E-state index contributed by atoms with van der Waals surface area (Å²) in [5, 5.41) is 0. The Morgan fingerprint density at radius 3 is 2.47 bits per heavy atom. The number of carbonyl (C=O) groups is 2. The van der Waals surface area contributed by atoms with Gasteiger partial charge < -0.3 is 9.47 Å². The molecule has 2 aliphatic heterocycles. The van der Waals surface area contributed by atoms with Crippen molar-refractivity contribution in [2.75, 3.05) is 11.7 Å². The van der Waals surface area contributed by atoms with Crippen molar-refractivity contribution < 1.29 is 19.1 Å². The van der Waals surface area contributed by atoms with Crippen molar-refractivity contribution >= 4 is 17.4 Å². The summed E-state index contributed by atoms with van der Waals surface area (Å²) in [5.41, 5.74) is 4.32. The van der Waals surface area contributed by atoms with Crippen molar-refractivity contribution in [1.29, 1.82) is 0 Å². The Kier molecular flexibility index (Phi) is 4.24. The van der Waals surface area contributed by atoms with Crippen LogP contribution in [0.3, 0.4) is 0 Å². The molecule has 3 aliphatic rings. The van der Waals surface area contributed by atoms with Crippen LogP contribution < -0.4 is 14.4 Å². The van der Waals surface area contributed by atoms with Gasteiger partial charge in [0, 0.05) is 35.7 Å². The quantitative estimate of drug-likeness (QED) is 0.717. The number of amides is 1. The molecule has 1 amide bonds. The van der Waals surface area contributed by atoms with E-state index in [-0.39, 0.29) is 36.2 Å². The zero-order valence-electron chi connectivity index (χ0n) is 17.5. The minimum Gasteiger partial charge on any atom is -0.454 e. The largest absolute Gasteiger partial charge is 0.454 e. The Balaban J connectivity index is 1.65. The molecule has 0 unspecified atom stereocenters. The number of nitrogens with zero attached hydrogens (tertiary/aromatic N) is 1. The van der Waals surface area contributed by atoms with Crippen LogP contribution >= 0.6 is 0 Å². The number of benzene rings is 2. The highest BCUT2D eigenvalue weighted by Gasteiger charge is 2.44. The second-order valence-electron chi connectivity index (χ2n) is 9.24. The maximum absolute atomic E-state index is 13.4. The van der Waals surface area contributed by atoms with Crippen LogP contribution in [0.4, 0.5) is 5.69 Å². The summed E-state index contributed by atoms with van der Waals surface area (Å²) in [6.07, 6.45) is 1.44. The van der Waals surface area contributed by atoms with Crippen LogP contribution in [0.1, 0.15) is 50.2 Å². The van der Waals surface area contributed by atoms with Crippen molar-refractivity contribution in [2.45, 2.75) is 46.0 Å². The van der Waals surface area contributed by atoms with Crippen LogP contribution in [0.25, 0.3) is 0 Å². The van der Waals surface area contributed by atoms with Gasteiger partial charge in [-0.1, -0.05) is 37.6 Å². The molecule has 2 aromatic carbocycles. The number of fused-ring (bicyclic) bond motifs is 1. The first-order valence-corrected chi connectivity index (χ1v) is 10.4. The summed E-state index contributed by atoms with van der Waals surface area (Å²) in [5.74, 6) is 1.27. The highest BCUT2D eigenvalue weighted by Crippen LogP contribution is 2.49. The minimum atomic E-state index is -0.257. The molecule has 0 bridgehead atoms. The number of ketones is 1. The predicted molar refractivity (Wildman–Crippen MR) is 114 cm³/mol.